The molecule has 1 atom stereocenters. The number of piperidine rings is 1. The summed E-state index contributed by atoms with van der Waals surface area (Å²) in [5.41, 5.74) is -0.0318. The minimum atomic E-state index is -0.791. The maximum atomic E-state index is 12.6. The quantitative estimate of drug-likeness (QED) is 0.777. The summed E-state index contributed by atoms with van der Waals surface area (Å²) in [7, 11) is 2.07. The Morgan fingerprint density at radius 3 is 2.45 bits per heavy atom. The third-order valence-corrected chi connectivity index (χ3v) is 4.63. The van der Waals surface area contributed by atoms with Gasteiger partial charge in [0.25, 0.3) is 0 Å². The van der Waals surface area contributed by atoms with Gasteiger partial charge in [0.2, 0.25) is 0 Å². The Bertz CT molecular complexity index is 397. The standard InChI is InChI=1S/C14H25N3O3/c1-14(2)10-17(8-7-15(14)3)13(20)16-6-4-5-11(9-16)12(18)19/h11H,4-10H2,1-3H3,(H,18,19). The first-order valence-electron chi connectivity index (χ1n) is 7.29. The fourth-order valence-electron chi connectivity index (χ4n) is 2.96. The molecule has 1 N–H and O–H groups in total. The molecule has 1 unspecified atom stereocenters. The lowest BCUT2D eigenvalue weighted by atomic mass is 9.98. The molecule has 0 aromatic rings. The molecule has 2 fully saturated rings. The van der Waals surface area contributed by atoms with Crippen molar-refractivity contribution in [2.75, 3.05) is 39.8 Å². The maximum Gasteiger partial charge on any atom is 0.320 e. The summed E-state index contributed by atoms with van der Waals surface area (Å²) in [6, 6.07) is -0.00266. The van der Waals surface area contributed by atoms with Crippen LogP contribution in [0.4, 0.5) is 4.79 Å². The number of likely N-dealkylation sites (tertiary alicyclic amines) is 1. The van der Waals surface area contributed by atoms with Gasteiger partial charge in [-0.2, -0.15) is 0 Å². The summed E-state index contributed by atoms with van der Waals surface area (Å²) in [5.74, 6) is -1.20. The van der Waals surface area contributed by atoms with Crippen molar-refractivity contribution in [3.8, 4) is 0 Å². The van der Waals surface area contributed by atoms with Crippen LogP contribution in [-0.4, -0.2) is 77.1 Å². The molecule has 6 nitrogen and oxygen atoms in total. The van der Waals surface area contributed by atoms with Gasteiger partial charge in [0.1, 0.15) is 0 Å². The van der Waals surface area contributed by atoms with Crippen LogP contribution >= 0.6 is 0 Å². The zero-order valence-corrected chi connectivity index (χ0v) is 12.6. The number of carboxylic acid groups (broad SMARTS) is 1. The molecule has 2 aliphatic rings. The van der Waals surface area contributed by atoms with E-state index in [0.717, 1.165) is 13.0 Å². The van der Waals surface area contributed by atoms with E-state index in [4.69, 9.17) is 5.11 Å². The van der Waals surface area contributed by atoms with Crippen LogP contribution in [0.15, 0.2) is 0 Å². The average Bonchev–Trinajstić information content (AvgIpc) is 2.41. The summed E-state index contributed by atoms with van der Waals surface area (Å²) in [6.07, 6.45) is 1.45. The number of rotatable bonds is 1. The lowest BCUT2D eigenvalue weighted by molar-refractivity contribution is -0.143. The predicted molar refractivity (Wildman–Crippen MR) is 75.6 cm³/mol. The molecule has 6 heteroatoms. The van der Waals surface area contributed by atoms with E-state index < -0.39 is 11.9 Å². The lowest BCUT2D eigenvalue weighted by Gasteiger charge is -2.47. The first-order valence-corrected chi connectivity index (χ1v) is 7.29. The summed E-state index contributed by atoms with van der Waals surface area (Å²) in [4.78, 5) is 29.5. The number of carboxylic acids is 1. The summed E-state index contributed by atoms with van der Waals surface area (Å²) in [6.45, 7) is 7.54. The second-order valence-corrected chi connectivity index (χ2v) is 6.56. The zero-order chi connectivity index (χ0) is 14.9. The number of piperazine rings is 1. The number of hydrogen-bond acceptors (Lipinski definition) is 3. The number of amides is 2. The summed E-state index contributed by atoms with van der Waals surface area (Å²) < 4.78 is 0. The van der Waals surface area contributed by atoms with E-state index in [1.807, 2.05) is 4.90 Å². The Kier molecular flexibility index (Phi) is 4.22. The monoisotopic (exact) mass is 283 g/mol. The van der Waals surface area contributed by atoms with Crippen molar-refractivity contribution in [1.29, 1.82) is 0 Å². The van der Waals surface area contributed by atoms with E-state index in [1.54, 1.807) is 4.90 Å². The minimum Gasteiger partial charge on any atom is -0.481 e. The topological polar surface area (TPSA) is 64.1 Å². The minimum absolute atomic E-state index is 0.00266. The van der Waals surface area contributed by atoms with E-state index in [0.29, 0.717) is 32.6 Å². The molecule has 0 aromatic carbocycles. The molecule has 0 radical (unpaired) electrons. The van der Waals surface area contributed by atoms with Crippen LogP contribution < -0.4 is 0 Å². The molecule has 114 valence electrons. The van der Waals surface area contributed by atoms with Crippen LogP contribution in [0.2, 0.25) is 0 Å². The van der Waals surface area contributed by atoms with Crippen molar-refractivity contribution in [1.82, 2.24) is 14.7 Å². The predicted octanol–water partition coefficient (Wildman–Crippen LogP) is 0.929. The Hall–Kier alpha value is -1.30. The Morgan fingerprint density at radius 1 is 1.15 bits per heavy atom. The van der Waals surface area contributed by atoms with Crippen LogP contribution in [0.1, 0.15) is 26.7 Å². The normalized spacial score (nSPS) is 27.4. The third kappa shape index (κ3) is 3.06. The Labute approximate surface area is 120 Å². The van der Waals surface area contributed by atoms with Gasteiger partial charge in [-0.25, -0.2) is 4.79 Å². The van der Waals surface area contributed by atoms with E-state index >= 15 is 0 Å². The highest BCUT2D eigenvalue weighted by atomic mass is 16.4. The van der Waals surface area contributed by atoms with Crippen molar-refractivity contribution in [3.63, 3.8) is 0 Å². The maximum absolute atomic E-state index is 12.6. The molecule has 2 saturated heterocycles. The molecule has 2 amide bonds. The number of carbonyl (C=O) groups excluding carboxylic acids is 1. The van der Waals surface area contributed by atoms with Crippen LogP contribution in [0.25, 0.3) is 0 Å². The van der Waals surface area contributed by atoms with Gasteiger partial charge in [-0.05, 0) is 33.7 Å². The Balaban J connectivity index is 1.99. The van der Waals surface area contributed by atoms with Crippen molar-refractivity contribution >= 4 is 12.0 Å². The molecule has 0 bridgehead atoms. The molecule has 2 rings (SSSR count). The molecule has 2 aliphatic heterocycles. The molecule has 0 aliphatic carbocycles. The summed E-state index contributed by atoms with van der Waals surface area (Å²) >= 11 is 0. The summed E-state index contributed by atoms with van der Waals surface area (Å²) in [5, 5.41) is 9.11. The number of carbonyl (C=O) groups is 2. The van der Waals surface area contributed by atoms with Gasteiger partial charge in [0.15, 0.2) is 0 Å². The van der Waals surface area contributed by atoms with Crippen molar-refractivity contribution in [2.45, 2.75) is 32.2 Å². The molecule has 0 aromatic heterocycles. The van der Waals surface area contributed by atoms with Gasteiger partial charge < -0.3 is 14.9 Å². The van der Waals surface area contributed by atoms with E-state index in [-0.39, 0.29) is 11.6 Å². The average molecular weight is 283 g/mol. The molecule has 0 saturated carbocycles. The second-order valence-electron chi connectivity index (χ2n) is 6.56. The lowest BCUT2D eigenvalue weighted by Crippen LogP contribution is -2.61. The number of hydrogen-bond donors (Lipinski definition) is 1. The van der Waals surface area contributed by atoms with E-state index in [1.165, 1.54) is 0 Å². The van der Waals surface area contributed by atoms with Crippen LogP contribution in [0.5, 0.6) is 0 Å². The Morgan fingerprint density at radius 2 is 1.85 bits per heavy atom. The second kappa shape index (κ2) is 5.60. The zero-order valence-electron chi connectivity index (χ0n) is 12.6. The van der Waals surface area contributed by atoms with Gasteiger partial charge in [-0.1, -0.05) is 0 Å². The van der Waals surface area contributed by atoms with Crippen molar-refractivity contribution < 1.29 is 14.7 Å². The smallest absolute Gasteiger partial charge is 0.320 e. The molecular formula is C14H25N3O3. The van der Waals surface area contributed by atoms with Crippen molar-refractivity contribution in [2.24, 2.45) is 5.92 Å². The third-order valence-electron chi connectivity index (χ3n) is 4.63. The molecule has 20 heavy (non-hydrogen) atoms. The van der Waals surface area contributed by atoms with Gasteiger partial charge in [-0.15, -0.1) is 0 Å². The largest absolute Gasteiger partial charge is 0.481 e. The fraction of sp³-hybridized carbons (Fsp3) is 0.857. The molecular weight excluding hydrogens is 258 g/mol. The number of aliphatic carboxylic acids is 1. The van der Waals surface area contributed by atoms with Crippen molar-refractivity contribution in [3.05, 3.63) is 0 Å². The SMILES string of the molecule is CN1CCN(C(=O)N2CCCC(C(=O)O)C2)CC1(C)C. The first kappa shape index (κ1) is 15.1. The fourth-order valence-corrected chi connectivity index (χ4v) is 2.96. The highest BCUT2D eigenvalue weighted by Crippen LogP contribution is 2.22. The van der Waals surface area contributed by atoms with E-state index in [2.05, 4.69) is 25.8 Å². The number of urea groups is 1. The number of nitrogens with zero attached hydrogens (tertiary/aromatic N) is 3. The van der Waals surface area contributed by atoms with Gasteiger partial charge in [0.05, 0.1) is 5.92 Å². The molecule has 0 spiro atoms. The van der Waals surface area contributed by atoms with E-state index in [9.17, 15) is 9.59 Å². The van der Waals surface area contributed by atoms with Crippen LogP contribution in [0, 0.1) is 5.92 Å². The van der Waals surface area contributed by atoms with Gasteiger partial charge >= 0.3 is 12.0 Å². The van der Waals surface area contributed by atoms with Crippen LogP contribution in [-0.2, 0) is 4.79 Å². The van der Waals surface area contributed by atoms with Gasteiger partial charge in [0, 0.05) is 38.3 Å². The molecule has 2 heterocycles. The van der Waals surface area contributed by atoms with Crippen LogP contribution in [0.3, 0.4) is 0 Å². The van der Waals surface area contributed by atoms with Gasteiger partial charge in [-0.3, -0.25) is 9.69 Å². The highest BCUT2D eigenvalue weighted by Gasteiger charge is 2.36. The highest BCUT2D eigenvalue weighted by molar-refractivity contribution is 5.77. The number of likely N-dealkylation sites (N-methyl/N-ethyl adjacent to an activating group) is 1. The first-order chi connectivity index (χ1) is 9.31.